The number of aromatic nitrogens is 2. The first kappa shape index (κ1) is 12.1. The van der Waals surface area contributed by atoms with E-state index in [-0.39, 0.29) is 0 Å². The van der Waals surface area contributed by atoms with Crippen molar-refractivity contribution in [2.24, 2.45) is 0 Å². The zero-order valence-corrected chi connectivity index (χ0v) is 10.4. The Hall–Kier alpha value is -1.40. The van der Waals surface area contributed by atoms with E-state index in [2.05, 4.69) is 32.4 Å². The van der Waals surface area contributed by atoms with Gasteiger partial charge >= 0.3 is 0 Å². The van der Waals surface area contributed by atoms with Crippen LogP contribution in [0.5, 0.6) is 5.88 Å². The molecule has 0 aromatic carbocycles. The van der Waals surface area contributed by atoms with Crippen LogP contribution in [0.25, 0.3) is 0 Å². The standard InChI is InChI=1S/C11H19N5O/c1-3-17-10-4-5-12-11(13-10)14-16-8-6-15(2)7-9-16/h4-5H,3,6-9H2,1-2H3,(H,12,13,14). The minimum absolute atomic E-state index is 0.598. The summed E-state index contributed by atoms with van der Waals surface area (Å²) in [6.45, 7) is 6.61. The van der Waals surface area contributed by atoms with E-state index in [4.69, 9.17) is 4.74 Å². The van der Waals surface area contributed by atoms with E-state index < -0.39 is 0 Å². The maximum Gasteiger partial charge on any atom is 0.240 e. The molecule has 0 radical (unpaired) electrons. The van der Waals surface area contributed by atoms with Gasteiger partial charge in [-0.05, 0) is 14.0 Å². The Bertz CT molecular complexity index is 351. The minimum atomic E-state index is 0.598. The molecule has 0 atom stereocenters. The van der Waals surface area contributed by atoms with E-state index in [0.29, 0.717) is 18.4 Å². The molecule has 2 heterocycles. The zero-order chi connectivity index (χ0) is 12.1. The highest BCUT2D eigenvalue weighted by Crippen LogP contribution is 2.09. The number of hydrogen-bond acceptors (Lipinski definition) is 6. The second-order valence-electron chi connectivity index (χ2n) is 4.05. The Morgan fingerprint density at radius 3 is 2.82 bits per heavy atom. The van der Waals surface area contributed by atoms with E-state index in [9.17, 15) is 0 Å². The Kier molecular flexibility index (Phi) is 4.11. The molecule has 6 heteroatoms. The van der Waals surface area contributed by atoms with Crippen molar-refractivity contribution in [2.45, 2.75) is 6.92 Å². The number of rotatable bonds is 4. The monoisotopic (exact) mass is 237 g/mol. The summed E-state index contributed by atoms with van der Waals surface area (Å²) in [6, 6.07) is 1.76. The predicted molar refractivity (Wildman–Crippen MR) is 65.9 cm³/mol. The summed E-state index contributed by atoms with van der Waals surface area (Å²) in [5, 5.41) is 2.13. The molecule has 0 aliphatic carbocycles. The Morgan fingerprint density at radius 2 is 2.12 bits per heavy atom. The molecule has 1 N–H and O–H groups in total. The van der Waals surface area contributed by atoms with Gasteiger partial charge in [-0.15, -0.1) is 0 Å². The molecule has 1 aromatic rings. The van der Waals surface area contributed by atoms with E-state index >= 15 is 0 Å². The van der Waals surface area contributed by atoms with Gasteiger partial charge in [-0.2, -0.15) is 4.98 Å². The largest absolute Gasteiger partial charge is 0.478 e. The van der Waals surface area contributed by atoms with Crippen molar-refractivity contribution < 1.29 is 4.74 Å². The molecule has 2 rings (SSSR count). The molecule has 1 fully saturated rings. The third-order valence-corrected chi connectivity index (χ3v) is 2.68. The van der Waals surface area contributed by atoms with E-state index in [1.54, 1.807) is 12.3 Å². The van der Waals surface area contributed by atoms with Gasteiger partial charge in [0, 0.05) is 38.4 Å². The maximum atomic E-state index is 5.33. The van der Waals surface area contributed by atoms with Crippen molar-refractivity contribution in [1.29, 1.82) is 0 Å². The van der Waals surface area contributed by atoms with Crippen molar-refractivity contribution in [3.63, 3.8) is 0 Å². The van der Waals surface area contributed by atoms with Crippen LogP contribution in [-0.2, 0) is 0 Å². The van der Waals surface area contributed by atoms with Crippen LogP contribution in [0.2, 0.25) is 0 Å². The lowest BCUT2D eigenvalue weighted by atomic mass is 10.4. The van der Waals surface area contributed by atoms with Crippen molar-refractivity contribution in [3.05, 3.63) is 12.3 Å². The van der Waals surface area contributed by atoms with Gasteiger partial charge in [-0.25, -0.2) is 9.99 Å². The molecule has 17 heavy (non-hydrogen) atoms. The van der Waals surface area contributed by atoms with Crippen molar-refractivity contribution in [2.75, 3.05) is 45.3 Å². The third kappa shape index (κ3) is 3.54. The van der Waals surface area contributed by atoms with Gasteiger partial charge in [0.2, 0.25) is 11.8 Å². The number of hydrazine groups is 1. The van der Waals surface area contributed by atoms with Gasteiger partial charge < -0.3 is 9.64 Å². The molecular weight excluding hydrogens is 218 g/mol. The van der Waals surface area contributed by atoms with Gasteiger partial charge in [0.1, 0.15) is 0 Å². The highest BCUT2D eigenvalue weighted by Gasteiger charge is 2.14. The minimum Gasteiger partial charge on any atom is -0.478 e. The summed E-state index contributed by atoms with van der Waals surface area (Å²) < 4.78 is 5.33. The maximum absolute atomic E-state index is 5.33. The van der Waals surface area contributed by atoms with Crippen LogP contribution in [0.3, 0.4) is 0 Å². The lowest BCUT2D eigenvalue weighted by Gasteiger charge is -2.32. The van der Waals surface area contributed by atoms with Crippen LogP contribution in [0, 0.1) is 0 Å². The topological polar surface area (TPSA) is 53.5 Å². The van der Waals surface area contributed by atoms with E-state index in [1.165, 1.54) is 0 Å². The highest BCUT2D eigenvalue weighted by molar-refractivity contribution is 5.26. The smallest absolute Gasteiger partial charge is 0.240 e. The lowest BCUT2D eigenvalue weighted by Crippen LogP contribution is -2.47. The normalized spacial score (nSPS) is 18.0. The number of ether oxygens (including phenoxy) is 1. The molecule has 1 aliphatic rings. The highest BCUT2D eigenvalue weighted by atomic mass is 16.5. The molecule has 0 unspecified atom stereocenters. The number of piperazine rings is 1. The van der Waals surface area contributed by atoms with Crippen LogP contribution in [0.1, 0.15) is 6.92 Å². The molecule has 0 amide bonds. The molecular formula is C11H19N5O. The molecule has 1 aromatic heterocycles. The van der Waals surface area contributed by atoms with Gasteiger partial charge in [-0.1, -0.05) is 0 Å². The Balaban J connectivity index is 1.91. The summed E-state index contributed by atoms with van der Waals surface area (Å²) >= 11 is 0. The molecule has 6 nitrogen and oxygen atoms in total. The second kappa shape index (κ2) is 5.79. The number of hydrogen-bond donors (Lipinski definition) is 1. The molecule has 0 bridgehead atoms. The summed E-state index contributed by atoms with van der Waals surface area (Å²) in [5.41, 5.74) is 3.20. The van der Waals surface area contributed by atoms with Crippen LogP contribution in [0.4, 0.5) is 5.95 Å². The summed E-state index contributed by atoms with van der Waals surface area (Å²) in [5.74, 6) is 1.21. The van der Waals surface area contributed by atoms with Crippen LogP contribution in [-0.4, -0.2) is 59.7 Å². The van der Waals surface area contributed by atoms with Crippen LogP contribution in [0.15, 0.2) is 12.3 Å². The van der Waals surface area contributed by atoms with Gasteiger partial charge in [0.15, 0.2) is 0 Å². The Morgan fingerprint density at radius 1 is 1.35 bits per heavy atom. The fourth-order valence-corrected chi connectivity index (χ4v) is 1.68. The average molecular weight is 237 g/mol. The SMILES string of the molecule is CCOc1ccnc(NN2CCN(C)CC2)n1. The van der Waals surface area contributed by atoms with Crippen LogP contribution >= 0.6 is 0 Å². The fraction of sp³-hybridized carbons (Fsp3) is 0.636. The predicted octanol–water partition coefficient (Wildman–Crippen LogP) is 0.450. The zero-order valence-electron chi connectivity index (χ0n) is 10.4. The first-order valence-electron chi connectivity index (χ1n) is 5.94. The number of likely N-dealkylation sites (N-methyl/N-ethyl adjacent to an activating group) is 1. The van der Waals surface area contributed by atoms with Gasteiger partial charge in [0.25, 0.3) is 0 Å². The fourth-order valence-electron chi connectivity index (χ4n) is 1.68. The lowest BCUT2D eigenvalue weighted by molar-refractivity contribution is 0.178. The number of anilines is 1. The molecule has 0 saturated carbocycles. The summed E-state index contributed by atoms with van der Waals surface area (Å²) in [7, 11) is 2.13. The first-order chi connectivity index (χ1) is 8.28. The molecule has 94 valence electrons. The van der Waals surface area contributed by atoms with E-state index in [1.807, 2.05) is 6.92 Å². The van der Waals surface area contributed by atoms with Gasteiger partial charge in [0.05, 0.1) is 6.61 Å². The van der Waals surface area contributed by atoms with E-state index in [0.717, 1.165) is 26.2 Å². The molecule has 1 aliphatic heterocycles. The average Bonchev–Trinajstić information content (AvgIpc) is 2.33. The molecule has 0 spiro atoms. The first-order valence-corrected chi connectivity index (χ1v) is 5.94. The van der Waals surface area contributed by atoms with Crippen LogP contribution < -0.4 is 10.2 Å². The second-order valence-corrected chi connectivity index (χ2v) is 4.05. The Labute approximate surface area is 102 Å². The van der Waals surface area contributed by atoms with Gasteiger partial charge in [-0.3, -0.25) is 5.43 Å². The third-order valence-electron chi connectivity index (χ3n) is 2.68. The van der Waals surface area contributed by atoms with Crippen molar-refractivity contribution >= 4 is 5.95 Å². The molecule has 1 saturated heterocycles. The number of nitrogens with one attached hydrogen (secondary N) is 1. The summed E-state index contributed by atoms with van der Waals surface area (Å²) in [6.07, 6.45) is 1.70. The van der Waals surface area contributed by atoms with Crippen molar-refractivity contribution in [1.82, 2.24) is 19.9 Å². The summed E-state index contributed by atoms with van der Waals surface area (Å²) in [4.78, 5) is 10.8. The van der Waals surface area contributed by atoms with Crippen molar-refractivity contribution in [3.8, 4) is 5.88 Å². The quantitative estimate of drug-likeness (QED) is 0.820. The number of nitrogens with zero attached hydrogens (tertiary/aromatic N) is 4.